The summed E-state index contributed by atoms with van der Waals surface area (Å²) in [6.45, 7) is 0. The summed E-state index contributed by atoms with van der Waals surface area (Å²) in [5.74, 6) is 7.38. The summed E-state index contributed by atoms with van der Waals surface area (Å²) >= 11 is 0.0144. The van der Waals surface area contributed by atoms with Crippen LogP contribution in [0.25, 0.3) is 31.4 Å². The second kappa shape index (κ2) is 6.72. The molecule has 123 valence electrons. The van der Waals surface area contributed by atoms with Gasteiger partial charge in [0.25, 0.3) is 0 Å². The molecule has 0 saturated carbocycles. The number of nitrogens with zero attached hydrogens (tertiary/aromatic N) is 1. The molecular weight excluding hydrogens is 551 g/mol. The van der Waals surface area contributed by atoms with E-state index in [9.17, 15) is 0 Å². The molecule has 0 aliphatic carbocycles. The van der Waals surface area contributed by atoms with Crippen LogP contribution in [0.1, 0.15) is 0 Å². The van der Waals surface area contributed by atoms with E-state index in [1.54, 1.807) is 4.40 Å². The molecule has 0 saturated heterocycles. The van der Waals surface area contributed by atoms with Crippen LogP contribution in [0.3, 0.4) is 0 Å². The minimum atomic E-state index is -1.90. The van der Waals surface area contributed by atoms with Gasteiger partial charge in [0.15, 0.2) is 0 Å². The molecule has 0 fully saturated rings. The summed E-state index contributed by atoms with van der Waals surface area (Å²) in [5.41, 5.74) is 2.12. The van der Waals surface area contributed by atoms with Gasteiger partial charge < -0.3 is 0 Å². The van der Waals surface area contributed by atoms with Crippen LogP contribution in [0.15, 0.2) is 54.7 Å². The van der Waals surface area contributed by atoms with E-state index < -0.39 is 13.3 Å². The van der Waals surface area contributed by atoms with Gasteiger partial charge in [-0.2, -0.15) is 0 Å². The molecular formula is C20H18GeIrNS-. The molecule has 4 rings (SSSR count). The average Bonchev–Trinajstić information content (AvgIpc) is 2.93. The monoisotopic (exact) mass is 571 g/mol. The molecule has 0 amide bonds. The van der Waals surface area contributed by atoms with Gasteiger partial charge in [-0.05, 0) is 0 Å². The largest absolute Gasteiger partial charge is 0 e. The number of thiophene rings is 1. The van der Waals surface area contributed by atoms with Crippen molar-refractivity contribution in [3.63, 3.8) is 0 Å². The summed E-state index contributed by atoms with van der Waals surface area (Å²) < 4.78 is 4.37. The Balaban J connectivity index is 0.00000169. The van der Waals surface area contributed by atoms with Crippen molar-refractivity contribution in [3.8, 4) is 11.3 Å². The van der Waals surface area contributed by atoms with Crippen LogP contribution >= 0.6 is 11.3 Å². The van der Waals surface area contributed by atoms with Crippen LogP contribution in [0, 0.1) is 6.07 Å². The second-order valence-electron chi connectivity index (χ2n) is 6.84. The number of hydrogen-bond donors (Lipinski definition) is 0. The van der Waals surface area contributed by atoms with E-state index in [0.717, 1.165) is 11.3 Å². The molecule has 4 aromatic rings. The number of pyridine rings is 1. The zero-order valence-electron chi connectivity index (χ0n) is 13.9. The van der Waals surface area contributed by atoms with Crippen molar-refractivity contribution in [1.29, 1.82) is 0 Å². The van der Waals surface area contributed by atoms with Gasteiger partial charge in [0.2, 0.25) is 0 Å². The van der Waals surface area contributed by atoms with Crippen molar-refractivity contribution in [2.75, 3.05) is 0 Å². The van der Waals surface area contributed by atoms with Crippen molar-refractivity contribution in [1.82, 2.24) is 4.98 Å². The van der Waals surface area contributed by atoms with Crippen LogP contribution in [0.2, 0.25) is 17.3 Å². The third-order valence-electron chi connectivity index (χ3n) is 4.18. The molecule has 1 radical (unpaired) electrons. The van der Waals surface area contributed by atoms with E-state index in [2.05, 4.69) is 64.7 Å². The third kappa shape index (κ3) is 2.99. The first-order valence-electron chi connectivity index (χ1n) is 7.83. The Kier molecular flexibility index (Phi) is 4.99. The Morgan fingerprint density at radius 3 is 2.54 bits per heavy atom. The first kappa shape index (κ1) is 17.8. The SMILES string of the molecule is [CH3][Ge]([CH3])([CH3])[c]1cccc2c1sc1ccnc(-c3[c-]cccc3)c12.[Ir]. The van der Waals surface area contributed by atoms with Gasteiger partial charge in [-0.25, -0.2) is 0 Å². The first-order chi connectivity index (χ1) is 11.1. The number of benzene rings is 2. The minimum absolute atomic E-state index is 0. The molecule has 0 spiro atoms. The molecule has 1 nitrogen and oxygen atoms in total. The Bertz CT molecular complexity index is 1000. The number of fused-ring (bicyclic) bond motifs is 3. The van der Waals surface area contributed by atoms with Crippen LogP contribution in [-0.2, 0) is 20.1 Å². The van der Waals surface area contributed by atoms with Gasteiger partial charge in [-0.1, -0.05) is 0 Å². The first-order valence-corrected chi connectivity index (χ1v) is 16.0. The van der Waals surface area contributed by atoms with Crippen molar-refractivity contribution in [2.24, 2.45) is 0 Å². The van der Waals surface area contributed by atoms with Crippen molar-refractivity contribution in [3.05, 3.63) is 60.8 Å². The predicted octanol–water partition coefficient (Wildman–Crippen LogP) is 5.46. The fourth-order valence-corrected chi connectivity index (χ4v) is 9.07. The van der Waals surface area contributed by atoms with Crippen molar-refractivity contribution >= 4 is 49.2 Å². The molecule has 0 unspecified atom stereocenters. The summed E-state index contributed by atoms with van der Waals surface area (Å²) in [4.78, 5) is 4.68. The maximum absolute atomic E-state index is 4.68. The summed E-state index contributed by atoms with van der Waals surface area (Å²) in [5, 5.41) is 2.63. The Labute approximate surface area is 162 Å². The van der Waals surface area contributed by atoms with Gasteiger partial charge in [-0.3, -0.25) is 0 Å². The van der Waals surface area contributed by atoms with E-state index in [4.69, 9.17) is 0 Å². The third-order valence-corrected chi connectivity index (χ3v) is 10.0. The molecule has 2 aromatic carbocycles. The van der Waals surface area contributed by atoms with Crippen LogP contribution < -0.4 is 4.40 Å². The van der Waals surface area contributed by atoms with Crippen molar-refractivity contribution < 1.29 is 20.1 Å². The maximum atomic E-state index is 4.68. The van der Waals surface area contributed by atoms with Gasteiger partial charge in [0.05, 0.1) is 0 Å². The molecule has 0 N–H and O–H groups in total. The molecule has 0 aliphatic rings. The van der Waals surface area contributed by atoms with E-state index in [1.807, 2.05) is 29.7 Å². The van der Waals surface area contributed by atoms with Crippen LogP contribution in [0.5, 0.6) is 0 Å². The number of rotatable bonds is 2. The predicted molar refractivity (Wildman–Crippen MR) is 104 cm³/mol. The summed E-state index contributed by atoms with van der Waals surface area (Å²) in [7, 11) is 0. The molecule has 0 atom stereocenters. The molecule has 0 aliphatic heterocycles. The molecule has 0 bridgehead atoms. The van der Waals surface area contributed by atoms with Gasteiger partial charge >= 0.3 is 143 Å². The topological polar surface area (TPSA) is 12.9 Å². The molecule has 2 aromatic heterocycles. The van der Waals surface area contributed by atoms with E-state index in [1.165, 1.54) is 20.2 Å². The standard InChI is InChI=1S/C20H18GeNS.Ir/c1-21(2,3)16-11-7-10-15-18-17(23-20(15)16)12-13-22-19(18)14-8-5-4-6-9-14;/h4-8,10-13H,1-3H3;/q-1;. The average molecular weight is 569 g/mol. The maximum Gasteiger partial charge on any atom is 0 e. The zero-order chi connectivity index (χ0) is 16.0. The van der Waals surface area contributed by atoms with E-state index in [0.29, 0.717) is 0 Å². The Hall–Kier alpha value is -0.998. The summed E-state index contributed by atoms with van der Waals surface area (Å²) in [6, 6.07) is 20.4. The van der Waals surface area contributed by atoms with E-state index >= 15 is 0 Å². The van der Waals surface area contributed by atoms with Crippen LogP contribution in [-0.4, -0.2) is 18.3 Å². The van der Waals surface area contributed by atoms with Crippen molar-refractivity contribution in [2.45, 2.75) is 17.3 Å². The van der Waals surface area contributed by atoms with Gasteiger partial charge in [0.1, 0.15) is 0 Å². The quantitative estimate of drug-likeness (QED) is 0.231. The smallest absolute Gasteiger partial charge is 0 e. The molecule has 24 heavy (non-hydrogen) atoms. The fourth-order valence-electron chi connectivity index (χ4n) is 3.08. The molecule has 4 heteroatoms. The normalized spacial score (nSPS) is 11.6. The molecule has 2 heterocycles. The Morgan fingerprint density at radius 1 is 1.00 bits per heavy atom. The number of aromatic nitrogens is 1. The van der Waals surface area contributed by atoms with E-state index in [-0.39, 0.29) is 20.1 Å². The second-order valence-corrected chi connectivity index (χ2v) is 18.5. The zero-order valence-corrected chi connectivity index (χ0v) is 19.2. The number of hydrogen-bond acceptors (Lipinski definition) is 2. The van der Waals surface area contributed by atoms with Gasteiger partial charge in [0, 0.05) is 20.1 Å². The minimum Gasteiger partial charge on any atom is 0 e. The summed E-state index contributed by atoms with van der Waals surface area (Å²) in [6.07, 6.45) is 1.92. The van der Waals surface area contributed by atoms with Crippen LogP contribution in [0.4, 0.5) is 0 Å². The fraction of sp³-hybridized carbons (Fsp3) is 0.150. The Morgan fingerprint density at radius 2 is 1.83 bits per heavy atom. The van der Waals surface area contributed by atoms with Gasteiger partial charge in [-0.15, -0.1) is 0 Å².